The average molecular weight is 242 g/mol. The molecule has 0 bridgehead atoms. The monoisotopic (exact) mass is 242 g/mol. The van der Waals surface area contributed by atoms with Gasteiger partial charge in [-0.2, -0.15) is 0 Å². The van der Waals surface area contributed by atoms with Crippen molar-refractivity contribution in [1.29, 1.82) is 0 Å². The molecule has 0 aliphatic heterocycles. The summed E-state index contributed by atoms with van der Waals surface area (Å²) in [4.78, 5) is 4.77. The summed E-state index contributed by atoms with van der Waals surface area (Å²) in [6, 6.07) is 8.64. The second-order valence-electron chi connectivity index (χ2n) is 5.83. The number of aromatic nitrogens is 1. The van der Waals surface area contributed by atoms with Gasteiger partial charge in [-0.05, 0) is 35.7 Å². The van der Waals surface area contributed by atoms with E-state index in [2.05, 4.69) is 52.0 Å². The van der Waals surface area contributed by atoms with Crippen molar-refractivity contribution in [3.63, 3.8) is 0 Å². The number of nitrogens with two attached hydrogens (primary N) is 1. The van der Waals surface area contributed by atoms with Crippen LogP contribution >= 0.6 is 0 Å². The van der Waals surface area contributed by atoms with Crippen LogP contribution in [0.1, 0.15) is 44.5 Å². The highest BCUT2D eigenvalue weighted by atomic mass is 14.7. The number of benzene rings is 1. The highest BCUT2D eigenvalue weighted by Crippen LogP contribution is 2.26. The van der Waals surface area contributed by atoms with Gasteiger partial charge < -0.3 is 5.73 Å². The third-order valence-electron chi connectivity index (χ3n) is 3.36. The topological polar surface area (TPSA) is 38.9 Å². The van der Waals surface area contributed by atoms with Crippen LogP contribution in [0.3, 0.4) is 0 Å². The van der Waals surface area contributed by atoms with Gasteiger partial charge in [0.25, 0.3) is 0 Å². The van der Waals surface area contributed by atoms with E-state index in [1.54, 1.807) is 0 Å². The van der Waals surface area contributed by atoms with Gasteiger partial charge >= 0.3 is 0 Å². The van der Waals surface area contributed by atoms with E-state index in [0.717, 1.165) is 17.6 Å². The number of rotatable bonds is 2. The molecule has 0 saturated heterocycles. The molecule has 0 spiro atoms. The van der Waals surface area contributed by atoms with Gasteiger partial charge in [0.15, 0.2) is 0 Å². The molecule has 0 amide bonds. The van der Waals surface area contributed by atoms with Gasteiger partial charge in [0.2, 0.25) is 0 Å². The SMILES string of the molecule is CCc1ccc2nc(C(C)(C)C)cc(CN)c2c1. The van der Waals surface area contributed by atoms with E-state index in [1.807, 2.05) is 0 Å². The first kappa shape index (κ1) is 13.0. The van der Waals surface area contributed by atoms with Gasteiger partial charge in [0, 0.05) is 23.0 Å². The molecule has 1 heterocycles. The van der Waals surface area contributed by atoms with Crippen LogP contribution in [0.5, 0.6) is 0 Å². The molecule has 0 aliphatic rings. The van der Waals surface area contributed by atoms with Crippen molar-refractivity contribution in [2.24, 2.45) is 5.73 Å². The van der Waals surface area contributed by atoms with E-state index in [1.165, 1.54) is 16.5 Å². The minimum Gasteiger partial charge on any atom is -0.326 e. The number of pyridine rings is 1. The molecule has 2 rings (SSSR count). The highest BCUT2D eigenvalue weighted by molar-refractivity contribution is 5.83. The van der Waals surface area contributed by atoms with Crippen molar-refractivity contribution in [3.05, 3.63) is 41.1 Å². The molecule has 2 aromatic rings. The minimum atomic E-state index is 0.0571. The molecule has 2 N–H and O–H groups in total. The largest absolute Gasteiger partial charge is 0.326 e. The molecule has 2 nitrogen and oxygen atoms in total. The number of fused-ring (bicyclic) bond motifs is 1. The van der Waals surface area contributed by atoms with E-state index in [-0.39, 0.29) is 5.41 Å². The minimum absolute atomic E-state index is 0.0571. The van der Waals surface area contributed by atoms with Crippen molar-refractivity contribution in [2.75, 3.05) is 0 Å². The lowest BCUT2D eigenvalue weighted by atomic mass is 9.89. The smallest absolute Gasteiger partial charge is 0.0708 e. The van der Waals surface area contributed by atoms with Crippen LogP contribution in [-0.4, -0.2) is 4.98 Å². The summed E-state index contributed by atoms with van der Waals surface area (Å²) in [6.07, 6.45) is 1.04. The number of hydrogen-bond acceptors (Lipinski definition) is 2. The van der Waals surface area contributed by atoms with Gasteiger partial charge in [-0.15, -0.1) is 0 Å². The van der Waals surface area contributed by atoms with E-state index in [4.69, 9.17) is 10.7 Å². The third kappa shape index (κ3) is 2.39. The summed E-state index contributed by atoms with van der Waals surface area (Å²) in [5.74, 6) is 0. The van der Waals surface area contributed by atoms with Gasteiger partial charge in [0.1, 0.15) is 0 Å². The average Bonchev–Trinajstić information content (AvgIpc) is 2.35. The Labute approximate surface area is 109 Å². The Morgan fingerprint density at radius 2 is 1.89 bits per heavy atom. The molecule has 0 fully saturated rings. The number of nitrogens with zero attached hydrogens (tertiary/aromatic N) is 1. The zero-order valence-electron chi connectivity index (χ0n) is 11.7. The first-order valence-electron chi connectivity index (χ1n) is 6.59. The second-order valence-corrected chi connectivity index (χ2v) is 5.83. The predicted octanol–water partition coefficient (Wildman–Crippen LogP) is 3.55. The van der Waals surface area contributed by atoms with Gasteiger partial charge in [-0.3, -0.25) is 4.98 Å². The van der Waals surface area contributed by atoms with Crippen molar-refractivity contribution in [1.82, 2.24) is 4.98 Å². The van der Waals surface area contributed by atoms with Gasteiger partial charge in [-0.25, -0.2) is 0 Å². The summed E-state index contributed by atoms with van der Waals surface area (Å²) in [5, 5.41) is 1.20. The summed E-state index contributed by atoms with van der Waals surface area (Å²) < 4.78 is 0. The lowest BCUT2D eigenvalue weighted by molar-refractivity contribution is 0.570. The fourth-order valence-electron chi connectivity index (χ4n) is 2.12. The lowest BCUT2D eigenvalue weighted by Gasteiger charge is -2.20. The molecule has 0 unspecified atom stereocenters. The Morgan fingerprint density at radius 1 is 1.17 bits per heavy atom. The first-order chi connectivity index (χ1) is 8.45. The zero-order chi connectivity index (χ0) is 13.3. The Hall–Kier alpha value is -1.41. The normalized spacial score (nSPS) is 12.1. The van der Waals surface area contributed by atoms with E-state index in [9.17, 15) is 0 Å². The van der Waals surface area contributed by atoms with Crippen molar-refractivity contribution in [2.45, 2.75) is 46.1 Å². The fourth-order valence-corrected chi connectivity index (χ4v) is 2.12. The maximum Gasteiger partial charge on any atom is 0.0708 e. The first-order valence-corrected chi connectivity index (χ1v) is 6.59. The maximum atomic E-state index is 5.89. The summed E-state index contributed by atoms with van der Waals surface area (Å²) >= 11 is 0. The molecule has 1 aromatic carbocycles. The molecule has 18 heavy (non-hydrogen) atoms. The molecular formula is C16H22N2. The molecular weight excluding hydrogens is 220 g/mol. The Morgan fingerprint density at radius 3 is 2.44 bits per heavy atom. The molecule has 0 saturated carbocycles. The maximum absolute atomic E-state index is 5.89. The molecule has 96 valence electrons. The van der Waals surface area contributed by atoms with Gasteiger partial charge in [-0.1, -0.05) is 33.8 Å². The molecule has 2 heteroatoms. The van der Waals surface area contributed by atoms with Crippen LogP contribution in [0.25, 0.3) is 10.9 Å². The van der Waals surface area contributed by atoms with Crippen molar-refractivity contribution >= 4 is 10.9 Å². The molecule has 0 radical (unpaired) electrons. The second kappa shape index (κ2) is 4.69. The standard InChI is InChI=1S/C16H22N2/c1-5-11-6-7-14-13(8-11)12(10-17)9-15(18-14)16(2,3)4/h6-9H,5,10,17H2,1-4H3. The quantitative estimate of drug-likeness (QED) is 0.874. The summed E-state index contributed by atoms with van der Waals surface area (Å²) in [7, 11) is 0. The Balaban J connectivity index is 2.71. The van der Waals surface area contributed by atoms with Crippen LogP contribution in [0, 0.1) is 0 Å². The van der Waals surface area contributed by atoms with Crippen molar-refractivity contribution < 1.29 is 0 Å². The van der Waals surface area contributed by atoms with Crippen LogP contribution in [0.2, 0.25) is 0 Å². The van der Waals surface area contributed by atoms with Crippen LogP contribution in [-0.2, 0) is 18.4 Å². The van der Waals surface area contributed by atoms with E-state index in [0.29, 0.717) is 6.54 Å². The number of aryl methyl sites for hydroxylation is 1. The molecule has 0 atom stereocenters. The van der Waals surface area contributed by atoms with Crippen LogP contribution in [0.4, 0.5) is 0 Å². The molecule has 0 aliphatic carbocycles. The third-order valence-corrected chi connectivity index (χ3v) is 3.36. The lowest BCUT2D eigenvalue weighted by Crippen LogP contribution is -2.15. The van der Waals surface area contributed by atoms with E-state index < -0.39 is 0 Å². The van der Waals surface area contributed by atoms with E-state index >= 15 is 0 Å². The zero-order valence-corrected chi connectivity index (χ0v) is 11.7. The van der Waals surface area contributed by atoms with Crippen LogP contribution in [0.15, 0.2) is 24.3 Å². The Bertz CT molecular complexity index is 565. The van der Waals surface area contributed by atoms with Gasteiger partial charge in [0.05, 0.1) is 5.52 Å². The highest BCUT2D eigenvalue weighted by Gasteiger charge is 2.17. The molecule has 1 aromatic heterocycles. The Kier molecular flexibility index (Phi) is 3.40. The van der Waals surface area contributed by atoms with Crippen molar-refractivity contribution in [3.8, 4) is 0 Å². The predicted molar refractivity (Wildman–Crippen MR) is 77.7 cm³/mol. The number of hydrogen-bond donors (Lipinski definition) is 1. The van der Waals surface area contributed by atoms with Crippen LogP contribution < -0.4 is 5.73 Å². The summed E-state index contributed by atoms with van der Waals surface area (Å²) in [5.41, 5.74) is 10.6. The fraction of sp³-hybridized carbons (Fsp3) is 0.438. The summed E-state index contributed by atoms with van der Waals surface area (Å²) in [6.45, 7) is 9.28.